The van der Waals surface area contributed by atoms with Gasteiger partial charge in [0.05, 0.1) is 6.20 Å². The van der Waals surface area contributed by atoms with E-state index in [4.69, 9.17) is 4.74 Å². The highest BCUT2D eigenvalue weighted by molar-refractivity contribution is 7.15. The van der Waals surface area contributed by atoms with Gasteiger partial charge in [-0.25, -0.2) is 4.98 Å². The molecule has 0 saturated carbocycles. The van der Waals surface area contributed by atoms with Crippen LogP contribution in [0.3, 0.4) is 0 Å². The van der Waals surface area contributed by atoms with Crippen LogP contribution in [0.4, 0.5) is 0 Å². The molecule has 1 rings (SSSR count). The summed E-state index contributed by atoms with van der Waals surface area (Å²) < 4.78 is 5.48. The maximum absolute atomic E-state index is 12.1. The van der Waals surface area contributed by atoms with E-state index in [-0.39, 0.29) is 18.1 Å². The fraction of sp³-hybridized carbons (Fsp3) is 0.789. The predicted octanol–water partition coefficient (Wildman–Crippen LogP) is 3.22. The molecule has 26 heavy (non-hydrogen) atoms. The van der Waals surface area contributed by atoms with Crippen LogP contribution in [0, 0.1) is 5.92 Å². The van der Waals surface area contributed by atoms with Gasteiger partial charge in [0.1, 0.15) is 17.6 Å². The van der Waals surface area contributed by atoms with Crippen LogP contribution in [0.2, 0.25) is 0 Å². The van der Waals surface area contributed by atoms with Crippen molar-refractivity contribution >= 4 is 17.2 Å². The van der Waals surface area contributed by atoms with Gasteiger partial charge in [-0.2, -0.15) is 0 Å². The lowest BCUT2D eigenvalue weighted by Crippen LogP contribution is -2.42. The van der Waals surface area contributed by atoms with E-state index in [0.29, 0.717) is 23.2 Å². The van der Waals surface area contributed by atoms with Crippen molar-refractivity contribution in [1.29, 1.82) is 0 Å². The summed E-state index contributed by atoms with van der Waals surface area (Å²) in [5, 5.41) is 16.5. The molecule has 1 atom stereocenters. The highest BCUT2D eigenvalue weighted by atomic mass is 32.1. The van der Waals surface area contributed by atoms with Crippen molar-refractivity contribution in [1.82, 2.24) is 15.6 Å². The minimum absolute atomic E-state index is 0.0534. The number of aliphatic hydroxyl groups is 1. The van der Waals surface area contributed by atoms with E-state index >= 15 is 0 Å². The summed E-state index contributed by atoms with van der Waals surface area (Å²) >= 11 is 1.20. The summed E-state index contributed by atoms with van der Waals surface area (Å²) in [6.07, 6.45) is 5.47. The number of hydrogen-bond donors (Lipinski definition) is 3. The number of rotatable bonds is 12. The Morgan fingerprint density at radius 2 is 2.04 bits per heavy atom. The van der Waals surface area contributed by atoms with E-state index in [0.717, 1.165) is 18.8 Å². The first-order valence-electron chi connectivity index (χ1n) is 9.47. The minimum Gasteiger partial charge on any atom is -0.467 e. The summed E-state index contributed by atoms with van der Waals surface area (Å²) in [5.41, 5.74) is -0.0534. The molecule has 0 spiro atoms. The van der Waals surface area contributed by atoms with Crippen molar-refractivity contribution in [2.24, 2.45) is 5.92 Å². The number of hydrogen-bond acceptors (Lipinski definition) is 6. The third-order valence-electron chi connectivity index (χ3n) is 3.72. The molecular formula is C19H35N3O3S. The van der Waals surface area contributed by atoms with Gasteiger partial charge in [-0.1, -0.05) is 44.4 Å². The van der Waals surface area contributed by atoms with Gasteiger partial charge in [-0.05, 0) is 33.1 Å². The Kier molecular flexibility index (Phi) is 10.1. The number of unbranched alkanes of at least 4 members (excludes halogenated alkanes) is 2. The van der Waals surface area contributed by atoms with E-state index < -0.39 is 6.10 Å². The molecule has 0 bridgehead atoms. The summed E-state index contributed by atoms with van der Waals surface area (Å²) in [7, 11) is 0. The Labute approximate surface area is 161 Å². The predicted molar refractivity (Wildman–Crippen MR) is 107 cm³/mol. The number of nitrogens with zero attached hydrogens (tertiary/aromatic N) is 1. The number of aromatic nitrogens is 1. The number of ether oxygens (including phenoxy) is 1. The van der Waals surface area contributed by atoms with Gasteiger partial charge in [-0.15, -0.1) is 0 Å². The first-order valence-corrected chi connectivity index (χ1v) is 10.3. The van der Waals surface area contributed by atoms with E-state index in [1.807, 2.05) is 20.8 Å². The fourth-order valence-corrected chi connectivity index (χ4v) is 2.91. The zero-order valence-electron chi connectivity index (χ0n) is 16.8. The summed E-state index contributed by atoms with van der Waals surface area (Å²) in [6, 6.07) is 0. The molecule has 0 aliphatic carbocycles. The number of β-amino-alcohol motifs (C(OH)–C–C–N with tert-alkyl or cyclic N) is 1. The van der Waals surface area contributed by atoms with Gasteiger partial charge in [0.15, 0.2) is 0 Å². The second kappa shape index (κ2) is 11.5. The Morgan fingerprint density at radius 3 is 2.69 bits per heavy atom. The third kappa shape index (κ3) is 10.7. The van der Waals surface area contributed by atoms with E-state index in [2.05, 4.69) is 29.5 Å². The first-order chi connectivity index (χ1) is 12.2. The standard InChI is InChI=1S/C19H35N3O3S/c1-14(2)9-7-6-8-10-20-17(24)16-12-21-18(26-16)25-13-15(23)11-22-19(3,4)5/h12,14-15,22-23H,6-11,13H2,1-5H3,(H,20,24). The lowest BCUT2D eigenvalue weighted by Gasteiger charge is -2.22. The van der Waals surface area contributed by atoms with Gasteiger partial charge >= 0.3 is 0 Å². The van der Waals surface area contributed by atoms with Crippen molar-refractivity contribution in [3.63, 3.8) is 0 Å². The molecule has 7 heteroatoms. The zero-order chi connectivity index (χ0) is 19.6. The average molecular weight is 386 g/mol. The van der Waals surface area contributed by atoms with Crippen LogP contribution in [0.15, 0.2) is 6.20 Å². The molecule has 0 aromatic carbocycles. The Hall–Kier alpha value is -1.18. The Morgan fingerprint density at radius 1 is 1.31 bits per heavy atom. The SMILES string of the molecule is CC(C)CCCCCNC(=O)c1cnc(OCC(O)CNC(C)(C)C)s1. The quantitative estimate of drug-likeness (QED) is 0.481. The molecule has 1 aromatic rings. The number of carbonyl (C=O) groups excluding carboxylic acids is 1. The monoisotopic (exact) mass is 385 g/mol. The number of thiazole rings is 1. The summed E-state index contributed by atoms with van der Waals surface area (Å²) in [6.45, 7) is 11.8. The molecule has 0 aliphatic heterocycles. The zero-order valence-corrected chi connectivity index (χ0v) is 17.6. The molecule has 0 aliphatic rings. The molecule has 1 unspecified atom stereocenters. The molecule has 0 radical (unpaired) electrons. The highest BCUT2D eigenvalue weighted by Crippen LogP contribution is 2.20. The Balaban J connectivity index is 2.23. The maximum atomic E-state index is 12.1. The second-order valence-corrected chi connectivity index (χ2v) is 9.08. The first kappa shape index (κ1) is 22.9. The fourth-order valence-electron chi connectivity index (χ4n) is 2.22. The maximum Gasteiger partial charge on any atom is 0.273 e. The summed E-state index contributed by atoms with van der Waals surface area (Å²) in [5.74, 6) is 0.624. The lowest BCUT2D eigenvalue weighted by atomic mass is 10.1. The van der Waals surface area contributed by atoms with Crippen LogP contribution in [-0.4, -0.2) is 47.3 Å². The van der Waals surface area contributed by atoms with Crippen LogP contribution < -0.4 is 15.4 Å². The molecule has 3 N–H and O–H groups in total. The largest absolute Gasteiger partial charge is 0.467 e. The molecule has 1 aromatic heterocycles. The molecule has 6 nitrogen and oxygen atoms in total. The molecule has 1 heterocycles. The summed E-state index contributed by atoms with van der Waals surface area (Å²) in [4.78, 5) is 16.7. The van der Waals surface area contributed by atoms with Crippen LogP contribution >= 0.6 is 11.3 Å². The van der Waals surface area contributed by atoms with Crippen molar-refractivity contribution in [3.8, 4) is 5.19 Å². The average Bonchev–Trinajstić information content (AvgIpc) is 3.02. The molecule has 0 fully saturated rings. The van der Waals surface area contributed by atoms with Crippen LogP contribution in [0.5, 0.6) is 5.19 Å². The van der Waals surface area contributed by atoms with Crippen molar-refractivity contribution in [3.05, 3.63) is 11.1 Å². The smallest absolute Gasteiger partial charge is 0.273 e. The van der Waals surface area contributed by atoms with Gasteiger partial charge in [-0.3, -0.25) is 4.79 Å². The van der Waals surface area contributed by atoms with Gasteiger partial charge < -0.3 is 20.5 Å². The lowest BCUT2D eigenvalue weighted by molar-refractivity contribution is 0.0956. The normalized spacial score (nSPS) is 13.0. The van der Waals surface area contributed by atoms with Crippen molar-refractivity contribution < 1.29 is 14.6 Å². The number of amides is 1. The van der Waals surface area contributed by atoms with Gasteiger partial charge in [0.2, 0.25) is 0 Å². The van der Waals surface area contributed by atoms with Gasteiger partial charge in [0, 0.05) is 18.6 Å². The van der Waals surface area contributed by atoms with E-state index in [1.165, 1.54) is 30.4 Å². The topological polar surface area (TPSA) is 83.5 Å². The highest BCUT2D eigenvalue weighted by Gasteiger charge is 2.15. The van der Waals surface area contributed by atoms with Crippen molar-refractivity contribution in [2.45, 2.75) is 71.9 Å². The molecular weight excluding hydrogens is 350 g/mol. The van der Waals surface area contributed by atoms with Crippen molar-refractivity contribution in [2.75, 3.05) is 19.7 Å². The third-order valence-corrected chi connectivity index (χ3v) is 4.63. The molecule has 0 saturated heterocycles. The number of nitrogens with one attached hydrogen (secondary N) is 2. The van der Waals surface area contributed by atoms with Crippen LogP contribution in [0.25, 0.3) is 0 Å². The van der Waals surface area contributed by atoms with E-state index in [9.17, 15) is 9.90 Å². The minimum atomic E-state index is -0.624. The Bertz CT molecular complexity index is 526. The van der Waals surface area contributed by atoms with Crippen LogP contribution in [0.1, 0.15) is 70.0 Å². The number of carbonyl (C=O) groups is 1. The van der Waals surface area contributed by atoms with Crippen LogP contribution in [-0.2, 0) is 0 Å². The molecule has 150 valence electrons. The second-order valence-electron chi connectivity index (χ2n) is 8.09. The number of aliphatic hydroxyl groups excluding tert-OH is 1. The molecule has 1 amide bonds. The van der Waals surface area contributed by atoms with E-state index in [1.54, 1.807) is 0 Å². The van der Waals surface area contributed by atoms with Gasteiger partial charge in [0.25, 0.3) is 11.1 Å².